The number of rotatable bonds is 2. The van der Waals surface area contributed by atoms with E-state index in [9.17, 15) is 9.18 Å². The SMILES string of the molecule is CN(C(=O)c1cccc(Cl)c1F)C1CCCCC1Cl. The Morgan fingerprint density at radius 2 is 2.05 bits per heavy atom. The molecule has 1 fully saturated rings. The van der Waals surface area contributed by atoms with Crippen LogP contribution in [-0.4, -0.2) is 29.3 Å². The Labute approximate surface area is 122 Å². The monoisotopic (exact) mass is 303 g/mol. The lowest BCUT2D eigenvalue weighted by molar-refractivity contribution is 0.0695. The Morgan fingerprint density at radius 3 is 2.74 bits per heavy atom. The van der Waals surface area contributed by atoms with Gasteiger partial charge in [-0.05, 0) is 25.0 Å². The molecule has 1 aromatic rings. The summed E-state index contributed by atoms with van der Waals surface area (Å²) in [6.45, 7) is 0. The van der Waals surface area contributed by atoms with Gasteiger partial charge in [-0.15, -0.1) is 11.6 Å². The van der Waals surface area contributed by atoms with Gasteiger partial charge in [-0.3, -0.25) is 4.79 Å². The van der Waals surface area contributed by atoms with Gasteiger partial charge in [-0.1, -0.05) is 30.5 Å². The first-order chi connectivity index (χ1) is 9.02. The van der Waals surface area contributed by atoms with Crippen LogP contribution in [0.5, 0.6) is 0 Å². The highest BCUT2D eigenvalue weighted by Crippen LogP contribution is 2.28. The molecule has 2 rings (SSSR count). The normalized spacial score (nSPS) is 23.2. The van der Waals surface area contributed by atoms with Gasteiger partial charge >= 0.3 is 0 Å². The lowest BCUT2D eigenvalue weighted by Gasteiger charge is -2.35. The van der Waals surface area contributed by atoms with Crippen molar-refractivity contribution >= 4 is 29.1 Å². The molecular formula is C14H16Cl2FNO. The lowest BCUT2D eigenvalue weighted by atomic mass is 9.93. The highest BCUT2D eigenvalue weighted by molar-refractivity contribution is 6.31. The van der Waals surface area contributed by atoms with Crippen LogP contribution in [0.15, 0.2) is 18.2 Å². The van der Waals surface area contributed by atoms with Gasteiger partial charge in [0.05, 0.1) is 16.0 Å². The van der Waals surface area contributed by atoms with Gasteiger partial charge in [-0.2, -0.15) is 0 Å². The Bertz CT molecular complexity index is 481. The zero-order valence-corrected chi connectivity index (χ0v) is 12.2. The third-order valence-electron chi connectivity index (χ3n) is 3.65. The molecule has 1 aliphatic rings. The van der Waals surface area contributed by atoms with E-state index in [1.807, 2.05) is 0 Å². The van der Waals surface area contributed by atoms with Crippen molar-refractivity contribution in [2.75, 3.05) is 7.05 Å². The minimum Gasteiger partial charge on any atom is -0.337 e. The van der Waals surface area contributed by atoms with E-state index in [1.54, 1.807) is 18.0 Å². The molecule has 1 aliphatic carbocycles. The molecule has 5 heteroatoms. The number of amides is 1. The molecule has 0 aliphatic heterocycles. The predicted octanol–water partition coefficient (Wildman–Crippen LogP) is 4.10. The third kappa shape index (κ3) is 3.03. The Kier molecular flexibility index (Phi) is 4.69. The second kappa shape index (κ2) is 6.10. The van der Waals surface area contributed by atoms with E-state index in [-0.39, 0.29) is 27.9 Å². The van der Waals surface area contributed by atoms with Gasteiger partial charge < -0.3 is 4.90 Å². The summed E-state index contributed by atoms with van der Waals surface area (Å²) in [6.07, 6.45) is 3.88. The molecule has 2 unspecified atom stereocenters. The maximum Gasteiger partial charge on any atom is 0.256 e. The summed E-state index contributed by atoms with van der Waals surface area (Å²) in [6, 6.07) is 4.41. The predicted molar refractivity (Wildman–Crippen MR) is 75.4 cm³/mol. The van der Waals surface area contributed by atoms with Crippen molar-refractivity contribution in [3.63, 3.8) is 0 Å². The molecule has 0 aromatic heterocycles. The van der Waals surface area contributed by atoms with E-state index in [0.29, 0.717) is 0 Å². The number of carbonyl (C=O) groups is 1. The summed E-state index contributed by atoms with van der Waals surface area (Å²) in [5, 5.41) is -0.102. The van der Waals surface area contributed by atoms with Gasteiger partial charge in [-0.25, -0.2) is 4.39 Å². The van der Waals surface area contributed by atoms with Crippen LogP contribution in [-0.2, 0) is 0 Å². The molecular weight excluding hydrogens is 288 g/mol. The van der Waals surface area contributed by atoms with E-state index in [0.717, 1.165) is 25.7 Å². The summed E-state index contributed by atoms with van der Waals surface area (Å²) in [5.74, 6) is -1.03. The minimum absolute atomic E-state index is 0.00411. The van der Waals surface area contributed by atoms with Crippen molar-refractivity contribution in [3.05, 3.63) is 34.6 Å². The Balaban J connectivity index is 2.21. The molecule has 0 bridgehead atoms. The van der Waals surface area contributed by atoms with Crippen molar-refractivity contribution < 1.29 is 9.18 Å². The number of carbonyl (C=O) groups excluding carboxylic acids is 1. The first-order valence-corrected chi connectivity index (χ1v) is 7.19. The maximum atomic E-state index is 13.9. The molecule has 0 heterocycles. The molecule has 1 aromatic carbocycles. The average molecular weight is 304 g/mol. The number of halogens is 3. The zero-order chi connectivity index (χ0) is 14.0. The second-order valence-corrected chi connectivity index (χ2v) is 5.85. The first kappa shape index (κ1) is 14.6. The van der Waals surface area contributed by atoms with Crippen molar-refractivity contribution in [1.29, 1.82) is 0 Å². The molecule has 2 atom stereocenters. The van der Waals surface area contributed by atoms with Crippen LogP contribution in [0.2, 0.25) is 5.02 Å². The van der Waals surface area contributed by atoms with Crippen LogP contribution in [0.25, 0.3) is 0 Å². The topological polar surface area (TPSA) is 20.3 Å². The summed E-state index contributed by atoms with van der Waals surface area (Å²) in [4.78, 5) is 13.9. The number of benzene rings is 1. The quantitative estimate of drug-likeness (QED) is 0.753. The summed E-state index contributed by atoms with van der Waals surface area (Å²) in [5.41, 5.74) is 0.00411. The molecule has 0 saturated heterocycles. The first-order valence-electron chi connectivity index (χ1n) is 6.37. The second-order valence-electron chi connectivity index (χ2n) is 4.89. The van der Waals surface area contributed by atoms with Crippen molar-refractivity contribution in [1.82, 2.24) is 4.90 Å². The smallest absolute Gasteiger partial charge is 0.256 e. The molecule has 2 nitrogen and oxygen atoms in total. The van der Waals surface area contributed by atoms with Crippen LogP contribution in [0.1, 0.15) is 36.0 Å². The Morgan fingerprint density at radius 1 is 1.37 bits per heavy atom. The van der Waals surface area contributed by atoms with Crippen LogP contribution >= 0.6 is 23.2 Å². The standard InChI is InChI=1S/C14H16Cl2FNO/c1-18(12-8-3-2-6-10(12)15)14(19)9-5-4-7-11(16)13(9)17/h4-5,7,10,12H,2-3,6,8H2,1H3. The lowest BCUT2D eigenvalue weighted by Crippen LogP contribution is -2.44. The molecule has 1 amide bonds. The van der Waals surface area contributed by atoms with Gasteiger partial charge in [0.2, 0.25) is 0 Å². The highest BCUT2D eigenvalue weighted by Gasteiger charge is 2.31. The van der Waals surface area contributed by atoms with E-state index < -0.39 is 5.82 Å². The summed E-state index contributed by atoms with van der Waals surface area (Å²) >= 11 is 12.0. The molecule has 104 valence electrons. The van der Waals surface area contributed by atoms with Crippen LogP contribution < -0.4 is 0 Å². The molecule has 0 N–H and O–H groups in total. The fourth-order valence-corrected chi connectivity index (χ4v) is 3.14. The van der Waals surface area contributed by atoms with Crippen molar-refractivity contribution in [2.45, 2.75) is 37.1 Å². The largest absolute Gasteiger partial charge is 0.337 e. The summed E-state index contributed by atoms with van der Waals surface area (Å²) < 4.78 is 13.9. The Hall–Kier alpha value is -0.800. The van der Waals surface area contributed by atoms with Gasteiger partial charge in [0.1, 0.15) is 0 Å². The number of nitrogens with zero attached hydrogens (tertiary/aromatic N) is 1. The van der Waals surface area contributed by atoms with Crippen LogP contribution in [0.3, 0.4) is 0 Å². The number of hydrogen-bond acceptors (Lipinski definition) is 1. The average Bonchev–Trinajstić information content (AvgIpc) is 2.41. The maximum absolute atomic E-state index is 13.9. The van der Waals surface area contributed by atoms with Crippen molar-refractivity contribution in [3.8, 4) is 0 Å². The number of hydrogen-bond donors (Lipinski definition) is 0. The van der Waals surface area contributed by atoms with Gasteiger partial charge in [0.15, 0.2) is 5.82 Å². The fourth-order valence-electron chi connectivity index (χ4n) is 2.51. The third-order valence-corrected chi connectivity index (χ3v) is 4.45. The zero-order valence-electron chi connectivity index (χ0n) is 10.7. The van der Waals surface area contributed by atoms with E-state index in [1.165, 1.54) is 12.1 Å². The summed E-state index contributed by atoms with van der Waals surface area (Å²) in [7, 11) is 1.67. The molecule has 19 heavy (non-hydrogen) atoms. The highest BCUT2D eigenvalue weighted by atomic mass is 35.5. The van der Waals surface area contributed by atoms with Crippen molar-refractivity contribution in [2.24, 2.45) is 0 Å². The van der Waals surface area contributed by atoms with E-state index in [4.69, 9.17) is 23.2 Å². The van der Waals surface area contributed by atoms with Crippen LogP contribution in [0, 0.1) is 5.82 Å². The van der Waals surface area contributed by atoms with E-state index in [2.05, 4.69) is 0 Å². The minimum atomic E-state index is -0.664. The number of alkyl halides is 1. The molecule has 1 saturated carbocycles. The molecule has 0 spiro atoms. The molecule has 0 radical (unpaired) electrons. The van der Waals surface area contributed by atoms with Crippen LogP contribution in [0.4, 0.5) is 4.39 Å². The fraction of sp³-hybridized carbons (Fsp3) is 0.500. The van der Waals surface area contributed by atoms with E-state index >= 15 is 0 Å². The van der Waals surface area contributed by atoms with Gasteiger partial charge in [0, 0.05) is 13.1 Å². The van der Waals surface area contributed by atoms with Gasteiger partial charge in [0.25, 0.3) is 5.91 Å².